The number of rotatable bonds is 6. The van der Waals surface area contributed by atoms with Gasteiger partial charge in [0.25, 0.3) is 5.91 Å². The summed E-state index contributed by atoms with van der Waals surface area (Å²) in [5.41, 5.74) is 9.52. The number of halogens is 1. The third kappa shape index (κ3) is 4.97. The van der Waals surface area contributed by atoms with Crippen LogP contribution in [0, 0.1) is 12.7 Å². The molecule has 0 saturated carbocycles. The molecule has 0 aliphatic heterocycles. The van der Waals surface area contributed by atoms with Gasteiger partial charge in [-0.15, -0.1) is 0 Å². The lowest BCUT2D eigenvalue weighted by Gasteiger charge is -2.06. The number of nitrogens with zero attached hydrogens (tertiary/aromatic N) is 3. The maximum Gasteiger partial charge on any atom is 0.255 e. The predicted octanol–water partition coefficient (Wildman–Crippen LogP) is 3.42. The number of carbonyl (C=O) groups is 1. The maximum absolute atomic E-state index is 12.9. The van der Waals surface area contributed by atoms with Gasteiger partial charge in [-0.3, -0.25) is 9.79 Å². The Labute approximate surface area is 162 Å². The zero-order valence-electron chi connectivity index (χ0n) is 15.4. The number of benzene rings is 2. The average Bonchev–Trinajstić information content (AvgIpc) is 2.69. The molecule has 0 unspecified atom stereocenters. The molecular weight excluding hydrogens is 357 g/mol. The summed E-state index contributed by atoms with van der Waals surface area (Å²) in [6, 6.07) is 12.9. The second kappa shape index (κ2) is 8.85. The predicted molar refractivity (Wildman–Crippen MR) is 108 cm³/mol. The van der Waals surface area contributed by atoms with Gasteiger partial charge in [-0.2, -0.15) is 0 Å². The molecule has 3 aromatic rings. The minimum atomic E-state index is -0.374. The SMILES string of the molecule is Cc1ncnc(N)c1C=NCCc1ccc(NC(=O)c2ccc(F)cc2)cc1. The monoisotopic (exact) mass is 377 g/mol. The zero-order valence-corrected chi connectivity index (χ0v) is 15.4. The van der Waals surface area contributed by atoms with Gasteiger partial charge >= 0.3 is 0 Å². The second-order valence-corrected chi connectivity index (χ2v) is 6.20. The van der Waals surface area contributed by atoms with E-state index >= 15 is 0 Å². The van der Waals surface area contributed by atoms with E-state index in [1.165, 1.54) is 30.6 Å². The van der Waals surface area contributed by atoms with Gasteiger partial charge < -0.3 is 11.1 Å². The van der Waals surface area contributed by atoms with E-state index in [4.69, 9.17) is 5.73 Å². The van der Waals surface area contributed by atoms with E-state index < -0.39 is 0 Å². The summed E-state index contributed by atoms with van der Waals surface area (Å²) in [6.07, 6.45) is 3.87. The van der Waals surface area contributed by atoms with Crippen LogP contribution in [-0.4, -0.2) is 28.6 Å². The summed E-state index contributed by atoms with van der Waals surface area (Å²) in [4.78, 5) is 24.6. The second-order valence-electron chi connectivity index (χ2n) is 6.20. The fourth-order valence-electron chi connectivity index (χ4n) is 2.57. The Hall–Kier alpha value is -3.61. The molecule has 0 bridgehead atoms. The highest BCUT2D eigenvalue weighted by Gasteiger charge is 2.06. The van der Waals surface area contributed by atoms with Crippen LogP contribution < -0.4 is 11.1 Å². The van der Waals surface area contributed by atoms with Crippen LogP contribution in [0.1, 0.15) is 27.2 Å². The van der Waals surface area contributed by atoms with E-state index in [0.29, 0.717) is 23.6 Å². The molecule has 142 valence electrons. The first-order valence-electron chi connectivity index (χ1n) is 8.75. The largest absolute Gasteiger partial charge is 0.383 e. The first-order chi connectivity index (χ1) is 13.5. The molecule has 6 nitrogen and oxygen atoms in total. The lowest BCUT2D eigenvalue weighted by atomic mass is 10.1. The van der Waals surface area contributed by atoms with E-state index in [1.54, 1.807) is 6.21 Å². The standard InChI is InChI=1S/C21H20FN5O/c1-14-19(20(23)26-13-25-14)12-24-11-10-15-2-8-18(9-3-15)27-21(28)16-4-6-17(22)7-5-16/h2-9,12-13H,10-11H2,1H3,(H,27,28)(H2,23,25,26). The minimum Gasteiger partial charge on any atom is -0.383 e. The van der Waals surface area contributed by atoms with E-state index in [0.717, 1.165) is 23.2 Å². The van der Waals surface area contributed by atoms with Crippen molar-refractivity contribution in [3.05, 3.63) is 83.1 Å². The van der Waals surface area contributed by atoms with Gasteiger partial charge in [-0.1, -0.05) is 12.1 Å². The maximum atomic E-state index is 12.9. The molecule has 0 aliphatic rings. The van der Waals surface area contributed by atoms with Crippen molar-refractivity contribution < 1.29 is 9.18 Å². The number of anilines is 2. The Balaban J connectivity index is 1.54. The Morgan fingerprint density at radius 2 is 1.86 bits per heavy atom. The molecule has 1 aromatic heterocycles. The van der Waals surface area contributed by atoms with Gasteiger partial charge in [0.15, 0.2) is 0 Å². The zero-order chi connectivity index (χ0) is 19.9. The number of hydrogen-bond donors (Lipinski definition) is 2. The fourth-order valence-corrected chi connectivity index (χ4v) is 2.57. The van der Waals surface area contributed by atoms with Gasteiger partial charge in [0.05, 0.1) is 11.3 Å². The van der Waals surface area contributed by atoms with Crippen LogP contribution in [0.5, 0.6) is 0 Å². The molecular formula is C21H20FN5O. The minimum absolute atomic E-state index is 0.282. The summed E-state index contributed by atoms with van der Waals surface area (Å²) in [5, 5.41) is 2.79. The smallest absolute Gasteiger partial charge is 0.255 e. The molecule has 7 heteroatoms. The van der Waals surface area contributed by atoms with E-state index in [9.17, 15) is 9.18 Å². The Morgan fingerprint density at radius 3 is 2.54 bits per heavy atom. The van der Waals surface area contributed by atoms with Crippen molar-refractivity contribution in [3.63, 3.8) is 0 Å². The molecule has 0 fully saturated rings. The number of nitrogens with two attached hydrogens (primary N) is 1. The van der Waals surface area contributed by atoms with Crippen molar-refractivity contribution in [2.75, 3.05) is 17.6 Å². The molecule has 28 heavy (non-hydrogen) atoms. The number of nitrogen functional groups attached to an aromatic ring is 1. The number of amides is 1. The number of hydrogen-bond acceptors (Lipinski definition) is 5. The lowest BCUT2D eigenvalue weighted by Crippen LogP contribution is -2.11. The molecule has 0 radical (unpaired) electrons. The van der Waals surface area contributed by atoms with Crippen molar-refractivity contribution in [1.82, 2.24) is 9.97 Å². The van der Waals surface area contributed by atoms with Crippen molar-refractivity contribution in [2.24, 2.45) is 4.99 Å². The van der Waals surface area contributed by atoms with Crippen LogP contribution in [0.15, 0.2) is 59.9 Å². The van der Waals surface area contributed by atoms with Gasteiger partial charge in [-0.05, 0) is 55.3 Å². The molecule has 0 spiro atoms. The first kappa shape index (κ1) is 19.2. The molecule has 0 atom stereocenters. The highest BCUT2D eigenvalue weighted by atomic mass is 19.1. The fraction of sp³-hybridized carbons (Fsp3) is 0.143. The third-order valence-electron chi connectivity index (χ3n) is 4.18. The van der Waals surface area contributed by atoms with Crippen LogP contribution in [0.2, 0.25) is 0 Å². The van der Waals surface area contributed by atoms with Crippen LogP contribution in [-0.2, 0) is 6.42 Å². The van der Waals surface area contributed by atoms with Gasteiger partial charge in [0, 0.05) is 24.0 Å². The number of nitrogens with one attached hydrogen (secondary N) is 1. The molecule has 3 rings (SSSR count). The Bertz CT molecular complexity index is 964. The Morgan fingerprint density at radius 1 is 1.14 bits per heavy atom. The molecule has 0 saturated heterocycles. The van der Waals surface area contributed by atoms with Crippen LogP contribution >= 0.6 is 0 Å². The van der Waals surface area contributed by atoms with Gasteiger partial charge in [0.1, 0.15) is 18.0 Å². The van der Waals surface area contributed by atoms with Gasteiger partial charge in [0.2, 0.25) is 0 Å². The topological polar surface area (TPSA) is 93.3 Å². The number of carbonyl (C=O) groups excluding carboxylic acids is 1. The number of aryl methyl sites for hydroxylation is 1. The van der Waals surface area contributed by atoms with Crippen molar-refractivity contribution in [2.45, 2.75) is 13.3 Å². The summed E-state index contributed by atoms with van der Waals surface area (Å²) < 4.78 is 12.9. The Kier molecular flexibility index (Phi) is 6.06. The van der Waals surface area contributed by atoms with Crippen LogP contribution in [0.3, 0.4) is 0 Å². The lowest BCUT2D eigenvalue weighted by molar-refractivity contribution is 0.102. The first-order valence-corrected chi connectivity index (χ1v) is 8.75. The van der Waals surface area contributed by atoms with Crippen molar-refractivity contribution in [3.8, 4) is 0 Å². The van der Waals surface area contributed by atoms with Crippen LogP contribution in [0.25, 0.3) is 0 Å². The highest BCUT2D eigenvalue weighted by Crippen LogP contribution is 2.13. The number of aromatic nitrogens is 2. The molecule has 2 aromatic carbocycles. The van der Waals surface area contributed by atoms with Crippen LogP contribution in [0.4, 0.5) is 15.9 Å². The average molecular weight is 377 g/mol. The summed E-state index contributed by atoms with van der Waals surface area (Å²) in [6.45, 7) is 2.45. The summed E-state index contributed by atoms with van der Waals surface area (Å²) in [5.74, 6) is -0.242. The van der Waals surface area contributed by atoms with E-state index in [1.807, 2.05) is 31.2 Å². The van der Waals surface area contributed by atoms with Crippen molar-refractivity contribution in [1.29, 1.82) is 0 Å². The normalized spacial score (nSPS) is 10.9. The molecule has 1 heterocycles. The van der Waals surface area contributed by atoms with Crippen molar-refractivity contribution >= 4 is 23.6 Å². The quantitative estimate of drug-likeness (QED) is 0.644. The third-order valence-corrected chi connectivity index (χ3v) is 4.18. The molecule has 1 amide bonds. The summed E-state index contributed by atoms with van der Waals surface area (Å²) >= 11 is 0. The summed E-state index contributed by atoms with van der Waals surface area (Å²) in [7, 11) is 0. The van der Waals surface area contributed by atoms with Gasteiger partial charge in [-0.25, -0.2) is 14.4 Å². The molecule has 0 aliphatic carbocycles. The highest BCUT2D eigenvalue weighted by molar-refractivity contribution is 6.04. The van der Waals surface area contributed by atoms with E-state index in [-0.39, 0.29) is 11.7 Å². The van der Waals surface area contributed by atoms with E-state index in [2.05, 4.69) is 20.3 Å². The number of aliphatic imine (C=N–C) groups is 1. The molecule has 3 N–H and O–H groups in total.